The summed E-state index contributed by atoms with van der Waals surface area (Å²) >= 11 is 0. The molecule has 3 aromatic carbocycles. The largest absolute Gasteiger partial charge is 0.457 e. The number of piperidine rings is 1. The minimum atomic E-state index is -0.548. The van der Waals surface area contributed by atoms with Gasteiger partial charge in [0.25, 0.3) is 5.91 Å². The van der Waals surface area contributed by atoms with E-state index in [0.717, 1.165) is 43.1 Å². The molecule has 0 radical (unpaired) electrons. The minimum absolute atomic E-state index is 0.181. The molecule has 2 aliphatic heterocycles. The molecule has 0 atom stereocenters. The van der Waals surface area contributed by atoms with E-state index in [1.807, 2.05) is 67.7 Å². The first-order valence-electron chi connectivity index (χ1n) is 15.2. The molecule has 0 unspecified atom stereocenters. The lowest BCUT2D eigenvalue weighted by Gasteiger charge is -2.37. The van der Waals surface area contributed by atoms with Crippen molar-refractivity contribution in [3.05, 3.63) is 102 Å². The molecule has 2 aliphatic rings. The number of amides is 4. The number of primary amides is 1. The van der Waals surface area contributed by atoms with Gasteiger partial charge in [0.05, 0.1) is 11.3 Å². The molecule has 0 spiro atoms. The number of nitrogens with one attached hydrogen (secondary N) is 1. The molecule has 0 bridgehead atoms. The molecule has 6 rings (SSSR count). The van der Waals surface area contributed by atoms with Gasteiger partial charge in [0.1, 0.15) is 23.1 Å². The molecule has 0 aliphatic carbocycles. The van der Waals surface area contributed by atoms with Gasteiger partial charge < -0.3 is 15.4 Å². The van der Waals surface area contributed by atoms with Gasteiger partial charge in [-0.05, 0) is 80.6 Å². The predicted molar refractivity (Wildman–Crippen MR) is 173 cm³/mol. The summed E-state index contributed by atoms with van der Waals surface area (Å²) in [6.45, 7) is 2.12. The van der Waals surface area contributed by atoms with Crippen molar-refractivity contribution in [3.8, 4) is 22.8 Å². The summed E-state index contributed by atoms with van der Waals surface area (Å²) < 4.78 is 21.0. The maximum Gasteiger partial charge on any atom is 0.328 e. The number of nitrogens with zero attached hydrogens (tertiary/aromatic N) is 4. The minimum Gasteiger partial charge on any atom is -0.457 e. The van der Waals surface area contributed by atoms with Gasteiger partial charge in [-0.25, -0.2) is 14.2 Å². The Bertz CT molecular complexity index is 1740. The summed E-state index contributed by atoms with van der Waals surface area (Å²) in [6.07, 6.45) is 1.87. The zero-order chi connectivity index (χ0) is 32.2. The van der Waals surface area contributed by atoms with Crippen molar-refractivity contribution in [2.75, 3.05) is 36.5 Å². The van der Waals surface area contributed by atoms with Gasteiger partial charge in [0.2, 0.25) is 5.91 Å². The molecule has 3 heterocycles. The number of rotatable bonds is 9. The highest BCUT2D eigenvalue weighted by Crippen LogP contribution is 2.30. The van der Waals surface area contributed by atoms with E-state index in [1.54, 1.807) is 18.2 Å². The smallest absolute Gasteiger partial charge is 0.328 e. The van der Waals surface area contributed by atoms with Gasteiger partial charge in [-0.3, -0.25) is 24.7 Å². The number of aromatic nitrogens is 1. The van der Waals surface area contributed by atoms with Crippen molar-refractivity contribution in [2.45, 2.75) is 31.8 Å². The van der Waals surface area contributed by atoms with Crippen LogP contribution in [-0.4, -0.2) is 60.5 Å². The molecule has 2 fully saturated rings. The number of ether oxygens (including phenoxy) is 1. The average molecular weight is 623 g/mol. The van der Waals surface area contributed by atoms with Crippen LogP contribution in [-0.2, 0) is 11.3 Å². The Hall–Kier alpha value is -5.29. The molecule has 0 saturated carbocycles. The average Bonchev–Trinajstić information content (AvgIpc) is 3.06. The van der Waals surface area contributed by atoms with Crippen LogP contribution in [0.5, 0.6) is 11.5 Å². The van der Waals surface area contributed by atoms with Crippen molar-refractivity contribution < 1.29 is 23.5 Å². The summed E-state index contributed by atoms with van der Waals surface area (Å²) in [4.78, 5) is 46.5. The number of hydrogen-bond donors (Lipinski definition) is 2. The number of anilines is 2. The Morgan fingerprint density at radius 1 is 0.978 bits per heavy atom. The van der Waals surface area contributed by atoms with Crippen LogP contribution in [0.1, 0.15) is 35.2 Å². The first-order valence-corrected chi connectivity index (χ1v) is 15.2. The number of hydrogen-bond acceptors (Lipinski definition) is 7. The fraction of sp³-hybridized carbons (Fsp3) is 0.257. The fourth-order valence-electron chi connectivity index (χ4n) is 5.93. The van der Waals surface area contributed by atoms with E-state index >= 15 is 4.39 Å². The predicted octanol–water partition coefficient (Wildman–Crippen LogP) is 5.33. The van der Waals surface area contributed by atoms with Crippen LogP contribution in [0.15, 0.2) is 84.9 Å². The number of benzene rings is 3. The van der Waals surface area contributed by atoms with Crippen molar-refractivity contribution in [3.63, 3.8) is 0 Å². The fourth-order valence-corrected chi connectivity index (χ4v) is 5.93. The highest BCUT2D eigenvalue weighted by molar-refractivity contribution is 6.05. The maximum absolute atomic E-state index is 15.1. The molecular formula is C35H35FN6O4. The van der Waals surface area contributed by atoms with Gasteiger partial charge in [-0.15, -0.1) is 0 Å². The maximum atomic E-state index is 15.1. The molecule has 4 amide bonds. The third-order valence-electron chi connectivity index (χ3n) is 8.49. The van der Waals surface area contributed by atoms with E-state index in [-0.39, 0.29) is 24.9 Å². The van der Waals surface area contributed by atoms with Crippen LogP contribution < -0.4 is 25.6 Å². The van der Waals surface area contributed by atoms with Gasteiger partial charge in [0.15, 0.2) is 0 Å². The summed E-state index contributed by atoms with van der Waals surface area (Å²) in [5, 5.41) is 2.26. The molecule has 11 heteroatoms. The number of urea groups is 1. The zero-order valence-corrected chi connectivity index (χ0v) is 25.5. The van der Waals surface area contributed by atoms with E-state index in [4.69, 9.17) is 15.5 Å². The molecular weight excluding hydrogens is 587 g/mol. The van der Waals surface area contributed by atoms with Gasteiger partial charge in [-0.1, -0.05) is 24.3 Å². The van der Waals surface area contributed by atoms with E-state index < -0.39 is 17.8 Å². The molecule has 2 saturated heterocycles. The van der Waals surface area contributed by atoms with Gasteiger partial charge in [0, 0.05) is 55.5 Å². The number of carbonyl (C=O) groups is 3. The van der Waals surface area contributed by atoms with E-state index in [9.17, 15) is 14.4 Å². The Balaban J connectivity index is 1.09. The SMILES string of the molecule is CN(Cc1ccc(N2CCC(=O)NC2=O)cc1F)C1CCN(c2ccc(C(N)=O)c(-c3ccc(Oc4ccccc4)cc3)n2)CC1. The van der Waals surface area contributed by atoms with Gasteiger partial charge in [-0.2, -0.15) is 0 Å². The molecule has 236 valence electrons. The summed E-state index contributed by atoms with van der Waals surface area (Å²) in [6, 6.07) is 24.9. The summed E-state index contributed by atoms with van der Waals surface area (Å²) in [7, 11) is 1.99. The van der Waals surface area contributed by atoms with E-state index in [2.05, 4.69) is 15.1 Å². The number of pyridine rings is 1. The number of nitrogens with two attached hydrogens (primary N) is 1. The van der Waals surface area contributed by atoms with Crippen LogP contribution in [0.3, 0.4) is 0 Å². The first kappa shape index (κ1) is 30.7. The lowest BCUT2D eigenvalue weighted by Crippen LogP contribution is -2.49. The van der Waals surface area contributed by atoms with Crippen molar-refractivity contribution in [1.82, 2.24) is 15.2 Å². The third-order valence-corrected chi connectivity index (χ3v) is 8.49. The second kappa shape index (κ2) is 13.4. The Kier molecular flexibility index (Phi) is 8.93. The topological polar surface area (TPSA) is 121 Å². The van der Waals surface area contributed by atoms with Crippen molar-refractivity contribution >= 4 is 29.4 Å². The second-order valence-corrected chi connectivity index (χ2v) is 11.5. The summed E-state index contributed by atoms with van der Waals surface area (Å²) in [5.41, 5.74) is 8.29. The van der Waals surface area contributed by atoms with Crippen LogP contribution in [0.4, 0.5) is 20.7 Å². The highest BCUT2D eigenvalue weighted by atomic mass is 19.1. The first-order chi connectivity index (χ1) is 22.2. The molecule has 4 aromatic rings. The molecule has 46 heavy (non-hydrogen) atoms. The monoisotopic (exact) mass is 622 g/mol. The lowest BCUT2D eigenvalue weighted by molar-refractivity contribution is -0.120. The third kappa shape index (κ3) is 6.84. The zero-order valence-electron chi connectivity index (χ0n) is 25.5. The van der Waals surface area contributed by atoms with Gasteiger partial charge >= 0.3 is 6.03 Å². The molecule has 1 aromatic heterocycles. The highest BCUT2D eigenvalue weighted by Gasteiger charge is 2.27. The van der Waals surface area contributed by atoms with Crippen LogP contribution in [0.25, 0.3) is 11.3 Å². The molecule has 3 N–H and O–H groups in total. The number of halogens is 1. The Labute approximate surface area is 266 Å². The van der Waals surface area contributed by atoms with Crippen LogP contribution in [0.2, 0.25) is 0 Å². The van der Waals surface area contributed by atoms with E-state index in [1.165, 1.54) is 11.0 Å². The quantitative estimate of drug-likeness (QED) is 0.259. The summed E-state index contributed by atoms with van der Waals surface area (Å²) in [5.74, 6) is 0.890. The van der Waals surface area contributed by atoms with Crippen molar-refractivity contribution in [2.24, 2.45) is 5.73 Å². The normalized spacial score (nSPS) is 15.6. The second-order valence-electron chi connectivity index (χ2n) is 11.5. The number of carbonyl (C=O) groups excluding carboxylic acids is 3. The van der Waals surface area contributed by atoms with Crippen LogP contribution in [0, 0.1) is 5.82 Å². The molecule has 10 nitrogen and oxygen atoms in total. The lowest BCUT2D eigenvalue weighted by atomic mass is 10.0. The van der Waals surface area contributed by atoms with Crippen molar-refractivity contribution in [1.29, 1.82) is 0 Å². The van der Waals surface area contributed by atoms with E-state index in [0.29, 0.717) is 34.8 Å². The standard InChI is InChI=1S/C35H35FN6O4/c1-40(22-24-7-10-26(21-30(24)36)42-20-17-32(43)39-35(42)45)25-15-18-41(19-16-25)31-14-13-29(34(37)44)33(38-31)23-8-11-28(12-9-23)46-27-5-3-2-4-6-27/h2-14,21,25H,15-20,22H2,1H3,(H2,37,44)(H,39,43,45). The number of imide groups is 1. The number of para-hydroxylation sites is 1. The Morgan fingerprint density at radius 3 is 2.37 bits per heavy atom. The van der Waals surface area contributed by atoms with Crippen LogP contribution >= 0.6 is 0 Å². The Morgan fingerprint density at radius 2 is 1.70 bits per heavy atom.